The van der Waals surface area contributed by atoms with Crippen LogP contribution in [0.25, 0.3) is 11.0 Å². The molecule has 22 heavy (non-hydrogen) atoms. The number of Topliss-reactive ketones (excluding diaryl/α,β-unsaturated/α-hetero) is 1. The fourth-order valence-electron chi connectivity index (χ4n) is 2.58. The van der Waals surface area contributed by atoms with Gasteiger partial charge in [0.05, 0.1) is 7.05 Å². The summed E-state index contributed by atoms with van der Waals surface area (Å²) in [5.74, 6) is 1.19. The van der Waals surface area contributed by atoms with Crippen molar-refractivity contribution >= 4 is 32.7 Å². The Morgan fingerprint density at radius 2 is 1.77 bits per heavy atom. The molecule has 3 rings (SSSR count). The highest BCUT2D eigenvalue weighted by Crippen LogP contribution is 2.16. The van der Waals surface area contributed by atoms with Crippen LogP contribution in [0, 0.1) is 6.92 Å². The lowest BCUT2D eigenvalue weighted by molar-refractivity contribution is -0.652. The Morgan fingerprint density at radius 3 is 2.45 bits per heavy atom. The number of imidazole rings is 1. The van der Waals surface area contributed by atoms with E-state index in [1.807, 2.05) is 50.4 Å². The fraction of sp³-hybridized carbons (Fsp3) is 0.176. The van der Waals surface area contributed by atoms with Gasteiger partial charge in [-0.25, -0.2) is 9.13 Å². The van der Waals surface area contributed by atoms with E-state index in [1.165, 1.54) is 0 Å². The highest BCUT2D eigenvalue weighted by molar-refractivity contribution is 9.10. The molecule has 0 saturated carbocycles. The Morgan fingerprint density at radius 1 is 1.14 bits per heavy atom. The maximum Gasteiger partial charge on any atom is 0.254 e. The first-order valence-electron chi connectivity index (χ1n) is 6.80. The molecule has 1 heterocycles. The van der Waals surface area contributed by atoms with E-state index in [0.29, 0.717) is 6.54 Å². The van der Waals surface area contributed by atoms with Crippen LogP contribution in [0.4, 0.5) is 0 Å². The number of hydrogen-bond donors (Lipinski definition) is 0. The lowest BCUT2D eigenvalue weighted by atomic mass is 10.1. The van der Waals surface area contributed by atoms with Gasteiger partial charge in [-0.15, -0.1) is 0 Å². The Bertz CT molecular complexity index is 823. The van der Waals surface area contributed by atoms with Gasteiger partial charge in [0, 0.05) is 17.0 Å². The molecule has 1 aromatic heterocycles. The van der Waals surface area contributed by atoms with Crippen LogP contribution in [0.15, 0.2) is 53.0 Å². The van der Waals surface area contributed by atoms with Crippen molar-refractivity contribution in [1.29, 1.82) is 0 Å². The van der Waals surface area contributed by atoms with Gasteiger partial charge in [-0.05, 0) is 24.3 Å². The molecule has 0 saturated heterocycles. The van der Waals surface area contributed by atoms with Crippen molar-refractivity contribution in [1.82, 2.24) is 4.57 Å². The SMILES string of the molecule is Cc1n(CC(=O)c2ccc(Br)cc2)c2ccccc2[n+]1C.[Br-]. The van der Waals surface area contributed by atoms with Crippen LogP contribution >= 0.6 is 15.9 Å². The highest BCUT2D eigenvalue weighted by Gasteiger charge is 2.21. The zero-order valence-corrected chi connectivity index (χ0v) is 15.6. The Labute approximate surface area is 148 Å². The normalized spacial score (nSPS) is 10.5. The van der Waals surface area contributed by atoms with Gasteiger partial charge < -0.3 is 17.0 Å². The summed E-state index contributed by atoms with van der Waals surface area (Å²) < 4.78 is 5.16. The number of benzene rings is 2. The number of carbonyl (C=O) groups excluding carboxylic acids is 1. The molecule has 0 aliphatic rings. The van der Waals surface area contributed by atoms with Gasteiger partial charge in [-0.2, -0.15) is 0 Å². The summed E-state index contributed by atoms with van der Waals surface area (Å²) >= 11 is 3.39. The zero-order valence-electron chi connectivity index (χ0n) is 12.4. The second-order valence-corrected chi connectivity index (χ2v) is 6.03. The summed E-state index contributed by atoms with van der Waals surface area (Å²) in [6.45, 7) is 2.39. The number of fused-ring (bicyclic) bond motifs is 1. The molecule has 0 fully saturated rings. The third-order valence-electron chi connectivity index (χ3n) is 3.88. The molecule has 5 heteroatoms. The van der Waals surface area contributed by atoms with E-state index in [0.717, 1.165) is 26.9 Å². The number of aryl methyl sites for hydroxylation is 1. The van der Waals surface area contributed by atoms with E-state index in [4.69, 9.17) is 0 Å². The molecule has 0 aliphatic carbocycles. The lowest BCUT2D eigenvalue weighted by Crippen LogP contribution is -3.00. The Kier molecular flexibility index (Phi) is 5.19. The van der Waals surface area contributed by atoms with Gasteiger partial charge in [0.2, 0.25) is 5.78 Å². The predicted molar refractivity (Wildman–Crippen MR) is 86.3 cm³/mol. The number of hydrogen-bond acceptors (Lipinski definition) is 1. The Hall–Kier alpha value is -1.46. The van der Waals surface area contributed by atoms with Crippen molar-refractivity contribution in [2.75, 3.05) is 0 Å². The van der Waals surface area contributed by atoms with E-state index in [9.17, 15) is 4.79 Å². The standard InChI is InChI=1S/C17H16BrN2O.BrH/c1-12-19(2)15-5-3-4-6-16(15)20(12)11-17(21)13-7-9-14(18)10-8-13;/h3-10H,11H2,1-2H3;1H/q+1;/p-1. The van der Waals surface area contributed by atoms with Crippen LogP contribution in [-0.4, -0.2) is 10.4 Å². The van der Waals surface area contributed by atoms with Crippen LogP contribution in [0.3, 0.4) is 0 Å². The van der Waals surface area contributed by atoms with Gasteiger partial charge in [-0.1, -0.05) is 40.2 Å². The van der Waals surface area contributed by atoms with Gasteiger partial charge in [0.15, 0.2) is 17.6 Å². The minimum atomic E-state index is 0. The minimum absolute atomic E-state index is 0. The lowest BCUT2D eigenvalue weighted by Gasteiger charge is -2.01. The highest BCUT2D eigenvalue weighted by atomic mass is 79.9. The van der Waals surface area contributed by atoms with Crippen LogP contribution in [0.5, 0.6) is 0 Å². The van der Waals surface area contributed by atoms with Gasteiger partial charge in [0.1, 0.15) is 0 Å². The first-order chi connectivity index (χ1) is 10.1. The molecule has 0 bridgehead atoms. The van der Waals surface area contributed by atoms with Gasteiger partial charge in [0.25, 0.3) is 5.82 Å². The largest absolute Gasteiger partial charge is 1.00 e. The second kappa shape index (κ2) is 6.75. The van der Waals surface area contributed by atoms with Crippen LogP contribution in [0.2, 0.25) is 0 Å². The molecule has 3 aromatic rings. The maximum atomic E-state index is 12.5. The molecule has 2 aromatic carbocycles. The molecule has 0 unspecified atom stereocenters. The summed E-state index contributed by atoms with van der Waals surface area (Å²) in [7, 11) is 2.03. The summed E-state index contributed by atoms with van der Waals surface area (Å²) in [6.07, 6.45) is 0. The van der Waals surface area contributed by atoms with E-state index >= 15 is 0 Å². The summed E-state index contributed by atoms with van der Waals surface area (Å²) in [5.41, 5.74) is 2.96. The molecule has 0 spiro atoms. The molecule has 0 atom stereocenters. The van der Waals surface area contributed by atoms with Gasteiger partial charge in [-0.3, -0.25) is 4.79 Å². The number of rotatable bonds is 3. The number of nitrogens with zero attached hydrogens (tertiary/aromatic N) is 2. The molecular formula is C17H16Br2N2O. The summed E-state index contributed by atoms with van der Waals surface area (Å²) in [6, 6.07) is 15.6. The van der Waals surface area contributed by atoms with Crippen molar-refractivity contribution in [3.63, 3.8) is 0 Å². The van der Waals surface area contributed by atoms with Crippen molar-refractivity contribution in [2.45, 2.75) is 13.5 Å². The molecule has 3 nitrogen and oxygen atoms in total. The van der Waals surface area contributed by atoms with Crippen LogP contribution in [0.1, 0.15) is 16.2 Å². The third kappa shape index (κ3) is 3.01. The quantitative estimate of drug-likeness (QED) is 0.443. The number of carbonyl (C=O) groups is 1. The molecule has 0 aliphatic heterocycles. The van der Waals surface area contributed by atoms with E-state index in [1.54, 1.807) is 0 Å². The van der Waals surface area contributed by atoms with Crippen LogP contribution < -0.4 is 21.5 Å². The first kappa shape index (κ1) is 16.9. The van der Waals surface area contributed by atoms with E-state index < -0.39 is 0 Å². The Balaban J connectivity index is 0.00000176. The summed E-state index contributed by atoms with van der Waals surface area (Å²) in [4.78, 5) is 12.5. The van der Waals surface area contributed by atoms with Crippen LogP contribution in [-0.2, 0) is 13.6 Å². The maximum absolute atomic E-state index is 12.5. The minimum Gasteiger partial charge on any atom is -1.00 e. The number of halogens is 2. The van der Waals surface area contributed by atoms with E-state index in [-0.39, 0.29) is 22.8 Å². The summed E-state index contributed by atoms with van der Waals surface area (Å²) in [5, 5.41) is 0. The zero-order chi connectivity index (χ0) is 15.0. The second-order valence-electron chi connectivity index (χ2n) is 5.11. The predicted octanol–water partition coefficient (Wildman–Crippen LogP) is 0.424. The smallest absolute Gasteiger partial charge is 0.254 e. The molecule has 0 N–H and O–H groups in total. The third-order valence-corrected chi connectivity index (χ3v) is 4.41. The molecule has 0 amide bonds. The number of ketones is 1. The van der Waals surface area contributed by atoms with Crippen molar-refractivity contribution in [3.05, 3.63) is 64.4 Å². The topological polar surface area (TPSA) is 25.9 Å². The number of para-hydroxylation sites is 2. The molecule has 114 valence electrons. The fourth-order valence-corrected chi connectivity index (χ4v) is 2.84. The van der Waals surface area contributed by atoms with Crippen molar-refractivity contribution in [2.24, 2.45) is 7.05 Å². The first-order valence-corrected chi connectivity index (χ1v) is 7.60. The monoisotopic (exact) mass is 422 g/mol. The van der Waals surface area contributed by atoms with Crippen molar-refractivity contribution < 1.29 is 26.3 Å². The average molecular weight is 424 g/mol. The average Bonchev–Trinajstić information content (AvgIpc) is 2.73. The number of aromatic nitrogens is 2. The van der Waals surface area contributed by atoms with Crippen molar-refractivity contribution in [3.8, 4) is 0 Å². The molecule has 0 radical (unpaired) electrons. The molecular weight excluding hydrogens is 408 g/mol. The van der Waals surface area contributed by atoms with E-state index in [2.05, 4.69) is 37.2 Å². The van der Waals surface area contributed by atoms with Gasteiger partial charge >= 0.3 is 0 Å².